The Morgan fingerprint density at radius 3 is 2.72 bits per heavy atom. The highest BCUT2D eigenvalue weighted by Gasteiger charge is 2.10. The molecule has 0 saturated carbocycles. The Balaban J connectivity index is 2.10. The van der Waals surface area contributed by atoms with E-state index in [0.29, 0.717) is 17.3 Å². The average Bonchev–Trinajstić information content (AvgIpc) is 2.78. The molecule has 2 aromatic rings. The van der Waals surface area contributed by atoms with Crippen molar-refractivity contribution in [1.29, 1.82) is 0 Å². The lowest BCUT2D eigenvalue weighted by Gasteiger charge is -1.97. The van der Waals surface area contributed by atoms with Crippen LogP contribution in [0.3, 0.4) is 0 Å². The smallest absolute Gasteiger partial charge is 0.322 e. The van der Waals surface area contributed by atoms with Gasteiger partial charge in [-0.2, -0.15) is 0 Å². The van der Waals surface area contributed by atoms with Gasteiger partial charge in [-0.3, -0.25) is 10.1 Å². The van der Waals surface area contributed by atoms with Crippen LogP contribution in [0.5, 0.6) is 0 Å². The molecule has 1 heterocycles. The van der Waals surface area contributed by atoms with Gasteiger partial charge >= 0.3 is 6.01 Å². The van der Waals surface area contributed by atoms with Crippen LogP contribution in [0.2, 0.25) is 5.02 Å². The molecule has 1 aromatic carbocycles. The second-order valence-electron chi connectivity index (χ2n) is 3.72. The van der Waals surface area contributed by atoms with Crippen molar-refractivity contribution in [2.45, 2.75) is 19.8 Å². The first kappa shape index (κ1) is 12.6. The topological polar surface area (TPSA) is 68.0 Å². The molecular weight excluding hydrogens is 254 g/mol. The standard InChI is InChI=1S/C12H12ClN3O2/c1-2-3-10(17)14-12-16-15-11(18-12)8-4-6-9(13)7-5-8/h4-7H,2-3H2,1H3,(H,14,16,17). The summed E-state index contributed by atoms with van der Waals surface area (Å²) in [4.78, 5) is 11.3. The maximum absolute atomic E-state index is 11.3. The van der Waals surface area contributed by atoms with E-state index >= 15 is 0 Å². The second kappa shape index (κ2) is 5.64. The predicted octanol–water partition coefficient (Wildman–Crippen LogP) is 3.13. The number of rotatable bonds is 4. The van der Waals surface area contributed by atoms with Crippen LogP contribution in [0.1, 0.15) is 19.8 Å². The van der Waals surface area contributed by atoms with Gasteiger partial charge in [-0.05, 0) is 30.7 Å². The molecule has 0 atom stereocenters. The van der Waals surface area contributed by atoms with Crippen LogP contribution in [0.4, 0.5) is 6.01 Å². The van der Waals surface area contributed by atoms with Crippen molar-refractivity contribution in [2.75, 3.05) is 5.32 Å². The molecule has 0 aliphatic rings. The summed E-state index contributed by atoms with van der Waals surface area (Å²) in [6.07, 6.45) is 1.20. The summed E-state index contributed by atoms with van der Waals surface area (Å²) in [6, 6.07) is 7.12. The van der Waals surface area contributed by atoms with E-state index in [1.54, 1.807) is 24.3 Å². The van der Waals surface area contributed by atoms with Gasteiger partial charge in [-0.15, -0.1) is 5.10 Å². The molecule has 0 spiro atoms. The maximum Gasteiger partial charge on any atom is 0.322 e. The molecule has 0 fully saturated rings. The number of carbonyl (C=O) groups is 1. The third kappa shape index (κ3) is 3.07. The minimum absolute atomic E-state index is 0.110. The molecule has 0 aliphatic carbocycles. The SMILES string of the molecule is CCCC(=O)Nc1nnc(-c2ccc(Cl)cc2)o1. The van der Waals surface area contributed by atoms with E-state index in [2.05, 4.69) is 15.5 Å². The van der Waals surface area contributed by atoms with Gasteiger partial charge in [0.2, 0.25) is 11.8 Å². The van der Waals surface area contributed by atoms with Crippen LogP contribution in [-0.2, 0) is 4.79 Å². The zero-order chi connectivity index (χ0) is 13.0. The molecule has 0 unspecified atom stereocenters. The largest absolute Gasteiger partial charge is 0.403 e. The predicted molar refractivity (Wildman–Crippen MR) is 68.3 cm³/mol. The first-order valence-electron chi connectivity index (χ1n) is 5.58. The monoisotopic (exact) mass is 265 g/mol. The fraction of sp³-hybridized carbons (Fsp3) is 0.250. The number of nitrogens with zero attached hydrogens (tertiary/aromatic N) is 2. The molecule has 1 amide bonds. The highest BCUT2D eigenvalue weighted by atomic mass is 35.5. The number of benzene rings is 1. The Morgan fingerprint density at radius 1 is 1.33 bits per heavy atom. The fourth-order valence-corrected chi connectivity index (χ4v) is 1.52. The van der Waals surface area contributed by atoms with E-state index in [4.69, 9.17) is 16.0 Å². The van der Waals surface area contributed by atoms with Crippen LogP contribution >= 0.6 is 11.6 Å². The van der Waals surface area contributed by atoms with Crippen molar-refractivity contribution in [3.8, 4) is 11.5 Å². The lowest BCUT2D eigenvalue weighted by Crippen LogP contribution is -2.10. The van der Waals surface area contributed by atoms with Gasteiger partial charge < -0.3 is 4.42 Å². The summed E-state index contributed by atoms with van der Waals surface area (Å²) in [5, 5.41) is 10.8. The normalized spacial score (nSPS) is 10.3. The summed E-state index contributed by atoms with van der Waals surface area (Å²) >= 11 is 5.78. The van der Waals surface area contributed by atoms with Crippen molar-refractivity contribution in [2.24, 2.45) is 0 Å². The summed E-state index contributed by atoms with van der Waals surface area (Å²) < 4.78 is 5.33. The third-order valence-corrected chi connectivity index (χ3v) is 2.49. The maximum atomic E-state index is 11.3. The van der Waals surface area contributed by atoms with Crippen LogP contribution in [0, 0.1) is 0 Å². The molecular formula is C12H12ClN3O2. The zero-order valence-corrected chi connectivity index (χ0v) is 10.6. The minimum atomic E-state index is -0.135. The Kier molecular flexibility index (Phi) is 3.94. The number of amides is 1. The Hall–Kier alpha value is -1.88. The van der Waals surface area contributed by atoms with E-state index < -0.39 is 0 Å². The summed E-state index contributed by atoms with van der Waals surface area (Å²) in [7, 11) is 0. The van der Waals surface area contributed by atoms with Gasteiger partial charge in [0, 0.05) is 17.0 Å². The second-order valence-corrected chi connectivity index (χ2v) is 4.15. The van der Waals surface area contributed by atoms with Crippen LogP contribution < -0.4 is 5.32 Å². The van der Waals surface area contributed by atoms with Gasteiger partial charge in [0.15, 0.2) is 0 Å². The average molecular weight is 266 g/mol. The molecule has 0 radical (unpaired) electrons. The van der Waals surface area contributed by atoms with Gasteiger partial charge in [0.25, 0.3) is 0 Å². The molecule has 1 aromatic heterocycles. The van der Waals surface area contributed by atoms with E-state index in [-0.39, 0.29) is 11.9 Å². The van der Waals surface area contributed by atoms with E-state index in [1.165, 1.54) is 0 Å². The number of nitrogens with one attached hydrogen (secondary N) is 1. The third-order valence-electron chi connectivity index (χ3n) is 2.24. The van der Waals surface area contributed by atoms with Gasteiger partial charge in [0.05, 0.1) is 0 Å². The molecule has 18 heavy (non-hydrogen) atoms. The van der Waals surface area contributed by atoms with E-state index in [9.17, 15) is 4.79 Å². The van der Waals surface area contributed by atoms with Crippen molar-refractivity contribution in [3.05, 3.63) is 29.3 Å². The Labute approximate surface area is 109 Å². The first-order valence-corrected chi connectivity index (χ1v) is 5.96. The highest BCUT2D eigenvalue weighted by molar-refractivity contribution is 6.30. The van der Waals surface area contributed by atoms with Gasteiger partial charge in [0.1, 0.15) is 0 Å². The van der Waals surface area contributed by atoms with Crippen LogP contribution in [0.25, 0.3) is 11.5 Å². The summed E-state index contributed by atoms with van der Waals surface area (Å²) in [6.45, 7) is 1.92. The van der Waals surface area contributed by atoms with Crippen molar-refractivity contribution >= 4 is 23.5 Å². The lowest BCUT2D eigenvalue weighted by atomic mass is 10.2. The molecule has 0 bridgehead atoms. The number of halogens is 1. The molecule has 2 rings (SSSR count). The van der Waals surface area contributed by atoms with Crippen LogP contribution in [0.15, 0.2) is 28.7 Å². The minimum Gasteiger partial charge on any atom is -0.403 e. The molecule has 6 heteroatoms. The molecule has 5 nitrogen and oxygen atoms in total. The fourth-order valence-electron chi connectivity index (χ4n) is 1.39. The number of hydrogen-bond acceptors (Lipinski definition) is 4. The number of carbonyl (C=O) groups excluding carboxylic acids is 1. The lowest BCUT2D eigenvalue weighted by molar-refractivity contribution is -0.116. The summed E-state index contributed by atoms with van der Waals surface area (Å²) in [5.41, 5.74) is 0.753. The zero-order valence-electron chi connectivity index (χ0n) is 9.81. The quantitative estimate of drug-likeness (QED) is 0.922. The molecule has 0 saturated heterocycles. The molecule has 0 aliphatic heterocycles. The first-order chi connectivity index (χ1) is 8.69. The molecule has 94 valence electrons. The van der Waals surface area contributed by atoms with Crippen molar-refractivity contribution in [3.63, 3.8) is 0 Å². The molecule has 1 N–H and O–H groups in total. The number of aromatic nitrogens is 2. The van der Waals surface area contributed by atoms with Crippen LogP contribution in [-0.4, -0.2) is 16.1 Å². The van der Waals surface area contributed by atoms with Gasteiger partial charge in [-0.25, -0.2) is 0 Å². The van der Waals surface area contributed by atoms with E-state index in [1.807, 2.05) is 6.92 Å². The number of anilines is 1. The highest BCUT2D eigenvalue weighted by Crippen LogP contribution is 2.21. The Bertz CT molecular complexity index is 537. The van der Waals surface area contributed by atoms with Gasteiger partial charge in [-0.1, -0.05) is 23.6 Å². The number of hydrogen-bond donors (Lipinski definition) is 1. The Morgan fingerprint density at radius 2 is 2.06 bits per heavy atom. The van der Waals surface area contributed by atoms with Crippen molar-refractivity contribution < 1.29 is 9.21 Å². The van der Waals surface area contributed by atoms with Crippen molar-refractivity contribution in [1.82, 2.24) is 10.2 Å². The summed E-state index contributed by atoms with van der Waals surface area (Å²) in [5.74, 6) is 0.210. The van der Waals surface area contributed by atoms with E-state index in [0.717, 1.165) is 12.0 Å².